The van der Waals surface area contributed by atoms with E-state index < -0.39 is 5.97 Å². The predicted octanol–water partition coefficient (Wildman–Crippen LogP) is 3.04. The summed E-state index contributed by atoms with van der Waals surface area (Å²) >= 11 is 1.13. The van der Waals surface area contributed by atoms with Crippen LogP contribution in [-0.2, 0) is 4.74 Å². The molecule has 0 amide bonds. The van der Waals surface area contributed by atoms with Gasteiger partial charge in [-0.15, -0.1) is 11.3 Å². The van der Waals surface area contributed by atoms with Gasteiger partial charge in [0.15, 0.2) is 0 Å². The molecule has 0 fully saturated rings. The summed E-state index contributed by atoms with van der Waals surface area (Å²) in [5.41, 5.74) is 0.954. The number of rotatable bonds is 2. The molecule has 2 rings (SSSR count). The van der Waals surface area contributed by atoms with Crippen molar-refractivity contribution in [2.75, 3.05) is 7.11 Å². The van der Waals surface area contributed by atoms with E-state index in [9.17, 15) is 9.18 Å². The number of carbonyl (C=O) groups excluding carboxylic acids is 1. The fraction of sp³-hybridized carbons (Fsp3) is 0.167. The van der Waals surface area contributed by atoms with Crippen LogP contribution >= 0.6 is 11.3 Å². The van der Waals surface area contributed by atoms with Crippen LogP contribution in [0.1, 0.15) is 15.4 Å². The summed E-state index contributed by atoms with van der Waals surface area (Å²) in [6.45, 7) is 1.70. The summed E-state index contributed by atoms with van der Waals surface area (Å²) in [6.07, 6.45) is 0. The summed E-state index contributed by atoms with van der Waals surface area (Å²) in [7, 11) is 1.31. The number of benzene rings is 1. The molecule has 0 N–H and O–H groups in total. The van der Waals surface area contributed by atoms with Gasteiger partial charge in [-0.2, -0.15) is 0 Å². The lowest BCUT2D eigenvalue weighted by Gasteiger charge is -1.96. The fourth-order valence-corrected chi connectivity index (χ4v) is 2.44. The van der Waals surface area contributed by atoms with E-state index >= 15 is 0 Å². The summed E-state index contributed by atoms with van der Waals surface area (Å²) in [4.78, 5) is 16.0. The van der Waals surface area contributed by atoms with E-state index in [2.05, 4.69) is 9.72 Å². The molecule has 0 saturated carbocycles. The number of ether oxygens (including phenoxy) is 1. The quantitative estimate of drug-likeness (QED) is 0.770. The first-order valence-corrected chi connectivity index (χ1v) is 5.75. The number of hydrogen-bond acceptors (Lipinski definition) is 4. The number of methoxy groups -OCH3 is 1. The normalized spacial score (nSPS) is 10.3. The number of halogens is 1. The van der Waals surface area contributed by atoms with Crippen LogP contribution in [0.2, 0.25) is 0 Å². The molecule has 1 heterocycles. The van der Waals surface area contributed by atoms with Crippen LogP contribution in [0, 0.1) is 12.7 Å². The molecule has 0 bridgehead atoms. The minimum absolute atomic E-state index is 0.349. The molecule has 0 spiro atoms. The minimum atomic E-state index is -0.442. The Balaban J connectivity index is 2.49. The van der Waals surface area contributed by atoms with Crippen molar-refractivity contribution >= 4 is 17.3 Å². The maximum Gasteiger partial charge on any atom is 0.349 e. The van der Waals surface area contributed by atoms with Crippen molar-refractivity contribution in [3.63, 3.8) is 0 Å². The fourth-order valence-electron chi connectivity index (χ4n) is 1.43. The third-order valence-electron chi connectivity index (χ3n) is 2.27. The Morgan fingerprint density at radius 3 is 2.76 bits per heavy atom. The average Bonchev–Trinajstić information content (AvgIpc) is 2.71. The van der Waals surface area contributed by atoms with Crippen LogP contribution in [0.25, 0.3) is 10.6 Å². The van der Waals surface area contributed by atoms with Crippen molar-refractivity contribution in [2.24, 2.45) is 0 Å². The second-order valence-corrected chi connectivity index (χ2v) is 4.40. The molecule has 0 aliphatic rings. The highest BCUT2D eigenvalue weighted by atomic mass is 32.1. The molecular formula is C12H10FNO2S. The highest BCUT2D eigenvalue weighted by molar-refractivity contribution is 7.17. The molecular weight excluding hydrogens is 241 g/mol. The average molecular weight is 251 g/mol. The maximum atomic E-state index is 13.5. The third kappa shape index (κ3) is 2.19. The molecule has 0 saturated heterocycles. The number of hydrogen-bond donors (Lipinski definition) is 0. The third-order valence-corrected chi connectivity index (χ3v) is 3.44. The highest BCUT2D eigenvalue weighted by Gasteiger charge is 2.17. The molecule has 5 heteroatoms. The molecule has 3 nitrogen and oxygen atoms in total. The van der Waals surface area contributed by atoms with Crippen molar-refractivity contribution in [3.8, 4) is 10.6 Å². The van der Waals surface area contributed by atoms with Crippen LogP contribution in [0.3, 0.4) is 0 Å². The number of carbonyl (C=O) groups is 1. The van der Waals surface area contributed by atoms with E-state index in [1.54, 1.807) is 25.1 Å². The van der Waals surface area contributed by atoms with E-state index in [1.165, 1.54) is 13.2 Å². The van der Waals surface area contributed by atoms with Gasteiger partial charge in [-0.05, 0) is 19.1 Å². The number of aryl methyl sites for hydroxylation is 1. The van der Waals surface area contributed by atoms with Gasteiger partial charge in [0, 0.05) is 5.56 Å². The van der Waals surface area contributed by atoms with E-state index in [4.69, 9.17) is 0 Å². The van der Waals surface area contributed by atoms with Gasteiger partial charge in [0.1, 0.15) is 15.7 Å². The Kier molecular flexibility index (Phi) is 3.19. The maximum absolute atomic E-state index is 13.5. The summed E-state index contributed by atoms with van der Waals surface area (Å²) in [6, 6.07) is 6.34. The largest absolute Gasteiger partial charge is 0.465 e. The first kappa shape index (κ1) is 11.7. The van der Waals surface area contributed by atoms with Crippen molar-refractivity contribution in [2.45, 2.75) is 6.92 Å². The lowest BCUT2D eigenvalue weighted by Crippen LogP contribution is -1.99. The Bertz CT molecular complexity index is 565. The van der Waals surface area contributed by atoms with Crippen LogP contribution in [0.4, 0.5) is 4.39 Å². The molecule has 0 aliphatic carbocycles. The Labute approximate surface area is 102 Å². The Morgan fingerprint density at radius 1 is 1.41 bits per heavy atom. The van der Waals surface area contributed by atoms with Gasteiger partial charge in [0.2, 0.25) is 0 Å². The topological polar surface area (TPSA) is 39.2 Å². The van der Waals surface area contributed by atoms with Gasteiger partial charge < -0.3 is 4.74 Å². The zero-order valence-electron chi connectivity index (χ0n) is 9.36. The molecule has 0 atom stereocenters. The zero-order valence-corrected chi connectivity index (χ0v) is 10.2. The number of thiazole rings is 1. The first-order valence-electron chi connectivity index (χ1n) is 4.94. The molecule has 1 aromatic heterocycles. The highest BCUT2D eigenvalue weighted by Crippen LogP contribution is 2.29. The SMILES string of the molecule is COC(=O)c1sc(-c2ccccc2F)nc1C. The van der Waals surface area contributed by atoms with Crippen LogP contribution in [-0.4, -0.2) is 18.1 Å². The van der Waals surface area contributed by atoms with Crippen LogP contribution in [0.5, 0.6) is 0 Å². The van der Waals surface area contributed by atoms with E-state index in [-0.39, 0.29) is 5.82 Å². The van der Waals surface area contributed by atoms with E-state index in [0.29, 0.717) is 21.1 Å². The van der Waals surface area contributed by atoms with Crippen molar-refractivity contribution in [1.82, 2.24) is 4.98 Å². The standard InChI is InChI=1S/C12H10FNO2S/c1-7-10(12(15)16-2)17-11(14-7)8-5-3-4-6-9(8)13/h3-6H,1-2H3. The summed E-state index contributed by atoms with van der Waals surface area (Å²) in [5, 5.41) is 0.487. The number of esters is 1. The van der Waals surface area contributed by atoms with Gasteiger partial charge in [0.25, 0.3) is 0 Å². The number of nitrogens with zero attached hydrogens (tertiary/aromatic N) is 1. The van der Waals surface area contributed by atoms with Crippen LogP contribution < -0.4 is 0 Å². The summed E-state index contributed by atoms with van der Waals surface area (Å²) < 4.78 is 18.2. The molecule has 17 heavy (non-hydrogen) atoms. The second kappa shape index (κ2) is 4.63. The molecule has 0 aliphatic heterocycles. The Morgan fingerprint density at radius 2 is 2.12 bits per heavy atom. The molecule has 0 radical (unpaired) electrons. The zero-order chi connectivity index (χ0) is 12.4. The van der Waals surface area contributed by atoms with Gasteiger partial charge >= 0.3 is 5.97 Å². The summed E-state index contributed by atoms with van der Waals surface area (Å²) in [5.74, 6) is -0.791. The lowest BCUT2D eigenvalue weighted by atomic mass is 10.2. The van der Waals surface area contributed by atoms with E-state index in [0.717, 1.165) is 11.3 Å². The van der Waals surface area contributed by atoms with Gasteiger partial charge in [-0.25, -0.2) is 14.2 Å². The molecule has 2 aromatic rings. The van der Waals surface area contributed by atoms with Gasteiger partial charge in [-0.3, -0.25) is 0 Å². The smallest absolute Gasteiger partial charge is 0.349 e. The first-order chi connectivity index (χ1) is 8.13. The van der Waals surface area contributed by atoms with Gasteiger partial charge in [-0.1, -0.05) is 12.1 Å². The monoisotopic (exact) mass is 251 g/mol. The van der Waals surface area contributed by atoms with Gasteiger partial charge in [0.05, 0.1) is 12.8 Å². The van der Waals surface area contributed by atoms with Crippen molar-refractivity contribution < 1.29 is 13.9 Å². The molecule has 1 aromatic carbocycles. The van der Waals surface area contributed by atoms with E-state index in [1.807, 2.05) is 0 Å². The minimum Gasteiger partial charge on any atom is -0.465 e. The molecule has 88 valence electrons. The molecule has 0 unspecified atom stereocenters. The lowest BCUT2D eigenvalue weighted by molar-refractivity contribution is 0.0605. The van der Waals surface area contributed by atoms with Crippen molar-refractivity contribution in [1.29, 1.82) is 0 Å². The predicted molar refractivity (Wildman–Crippen MR) is 63.6 cm³/mol. The number of aromatic nitrogens is 1. The Hall–Kier alpha value is -1.75. The van der Waals surface area contributed by atoms with Crippen molar-refractivity contribution in [3.05, 3.63) is 40.7 Å². The van der Waals surface area contributed by atoms with Crippen LogP contribution in [0.15, 0.2) is 24.3 Å². The second-order valence-electron chi connectivity index (χ2n) is 3.40.